The molecule has 34 heavy (non-hydrogen) atoms. The number of anilines is 1. The van der Waals surface area contributed by atoms with Gasteiger partial charge in [-0.15, -0.1) is 5.10 Å². The third-order valence-corrected chi connectivity index (χ3v) is 5.92. The molecule has 0 aliphatic carbocycles. The first-order valence-electron chi connectivity index (χ1n) is 11.0. The summed E-state index contributed by atoms with van der Waals surface area (Å²) in [6, 6.07) is 9.63. The molecule has 11 heteroatoms. The average molecular weight is 472 g/mol. The van der Waals surface area contributed by atoms with E-state index in [4.69, 9.17) is 4.74 Å². The van der Waals surface area contributed by atoms with Gasteiger partial charge in [-0.2, -0.15) is 4.98 Å². The smallest absolute Gasteiger partial charge is 0.315 e. The first-order chi connectivity index (χ1) is 16.3. The number of hydrogen-bond donors (Lipinski definition) is 1. The van der Waals surface area contributed by atoms with Crippen LogP contribution in [-0.2, 0) is 17.8 Å². The second kappa shape index (κ2) is 8.62. The van der Waals surface area contributed by atoms with Crippen molar-refractivity contribution in [2.24, 2.45) is 0 Å². The minimum absolute atomic E-state index is 0.00184. The lowest BCUT2D eigenvalue weighted by atomic mass is 10.1. The number of pyridine rings is 1. The summed E-state index contributed by atoms with van der Waals surface area (Å²) in [5.41, 5.74) is 2.04. The largest absolute Gasteiger partial charge is 0.457 e. The minimum atomic E-state index is -2.98. The lowest BCUT2D eigenvalue weighted by molar-refractivity contribution is -0.129. The van der Waals surface area contributed by atoms with Gasteiger partial charge in [-0.1, -0.05) is 12.1 Å². The fraction of sp³-hybridized carbons (Fsp3) is 0.391. The van der Waals surface area contributed by atoms with Gasteiger partial charge in [-0.25, -0.2) is 22.8 Å². The summed E-state index contributed by atoms with van der Waals surface area (Å²) in [6.45, 7) is 1.69. The van der Waals surface area contributed by atoms with Crippen LogP contribution < -0.4 is 10.1 Å². The number of hydrogen-bond acceptors (Lipinski definition) is 6. The van der Waals surface area contributed by atoms with Crippen molar-refractivity contribution in [1.82, 2.24) is 24.6 Å². The molecular formula is C23H23F3N6O2. The molecule has 2 aliphatic heterocycles. The van der Waals surface area contributed by atoms with E-state index in [9.17, 15) is 18.0 Å². The predicted octanol–water partition coefficient (Wildman–Crippen LogP) is 3.07. The SMILES string of the molecule is Cc1nc(NC2CCN(C(=O)Cc3ccc(F)cc3)C2)ccc1-c1nc2n(n1)CC(F)(F)CO2. The van der Waals surface area contributed by atoms with Crippen LogP contribution in [-0.4, -0.2) is 62.2 Å². The molecule has 1 atom stereocenters. The number of fused-ring (bicyclic) bond motifs is 1. The van der Waals surface area contributed by atoms with E-state index in [1.807, 2.05) is 0 Å². The molecule has 4 heterocycles. The van der Waals surface area contributed by atoms with Crippen LogP contribution in [0.4, 0.5) is 19.0 Å². The molecule has 1 fully saturated rings. The van der Waals surface area contributed by atoms with Gasteiger partial charge in [-0.3, -0.25) is 4.79 Å². The van der Waals surface area contributed by atoms with Crippen molar-refractivity contribution in [3.05, 3.63) is 53.5 Å². The number of rotatable bonds is 5. The molecule has 5 rings (SSSR count). The number of carbonyl (C=O) groups is 1. The van der Waals surface area contributed by atoms with Crippen molar-refractivity contribution < 1.29 is 22.7 Å². The topological polar surface area (TPSA) is 85.2 Å². The monoisotopic (exact) mass is 472 g/mol. The predicted molar refractivity (Wildman–Crippen MR) is 117 cm³/mol. The number of halogens is 3. The average Bonchev–Trinajstić information content (AvgIpc) is 3.41. The minimum Gasteiger partial charge on any atom is -0.457 e. The summed E-state index contributed by atoms with van der Waals surface area (Å²) in [7, 11) is 0. The summed E-state index contributed by atoms with van der Waals surface area (Å²) in [5.74, 6) is -2.38. The Bertz CT molecular complexity index is 1210. The van der Waals surface area contributed by atoms with Crippen LogP contribution >= 0.6 is 0 Å². The van der Waals surface area contributed by atoms with Crippen LogP contribution in [0.15, 0.2) is 36.4 Å². The Labute approximate surface area is 193 Å². The van der Waals surface area contributed by atoms with Gasteiger partial charge in [-0.05, 0) is 43.2 Å². The third-order valence-electron chi connectivity index (χ3n) is 5.92. The van der Waals surface area contributed by atoms with Gasteiger partial charge >= 0.3 is 11.9 Å². The number of aryl methyl sites for hydroxylation is 1. The van der Waals surface area contributed by atoms with Crippen molar-refractivity contribution in [3.8, 4) is 17.4 Å². The molecule has 0 bridgehead atoms. The highest BCUT2D eigenvalue weighted by Crippen LogP contribution is 2.29. The second-order valence-corrected chi connectivity index (χ2v) is 8.62. The number of likely N-dealkylation sites (tertiary alicyclic amines) is 1. The first kappa shape index (κ1) is 22.2. The van der Waals surface area contributed by atoms with Gasteiger partial charge in [0.05, 0.1) is 12.1 Å². The number of ether oxygens (including phenoxy) is 1. The Balaban J connectivity index is 1.21. The van der Waals surface area contributed by atoms with Gasteiger partial charge in [0.15, 0.2) is 12.4 Å². The van der Waals surface area contributed by atoms with Crippen LogP contribution in [0.25, 0.3) is 11.4 Å². The molecule has 1 amide bonds. The number of benzene rings is 1. The number of nitrogens with zero attached hydrogens (tertiary/aromatic N) is 5. The molecule has 0 saturated carbocycles. The molecule has 3 aromatic rings. The van der Waals surface area contributed by atoms with Gasteiger partial charge in [0.1, 0.15) is 18.2 Å². The van der Waals surface area contributed by atoms with E-state index in [2.05, 4.69) is 20.4 Å². The lowest BCUT2D eigenvalue weighted by Gasteiger charge is -2.21. The highest BCUT2D eigenvalue weighted by atomic mass is 19.3. The zero-order valence-electron chi connectivity index (χ0n) is 18.5. The van der Waals surface area contributed by atoms with E-state index in [1.54, 1.807) is 36.1 Å². The summed E-state index contributed by atoms with van der Waals surface area (Å²) >= 11 is 0. The van der Waals surface area contributed by atoms with E-state index in [-0.39, 0.29) is 36.0 Å². The zero-order valence-corrected chi connectivity index (χ0v) is 18.5. The molecule has 0 radical (unpaired) electrons. The molecule has 178 valence electrons. The molecule has 1 N–H and O–H groups in total. The van der Waals surface area contributed by atoms with Crippen LogP contribution in [0, 0.1) is 12.7 Å². The molecule has 2 aromatic heterocycles. The van der Waals surface area contributed by atoms with Crippen molar-refractivity contribution in [2.75, 3.05) is 25.0 Å². The third kappa shape index (κ3) is 4.68. The Morgan fingerprint density at radius 1 is 1.21 bits per heavy atom. The summed E-state index contributed by atoms with van der Waals surface area (Å²) in [6.07, 6.45) is 1.01. The van der Waals surface area contributed by atoms with E-state index in [0.29, 0.717) is 30.2 Å². The number of amides is 1. The number of nitrogens with one attached hydrogen (secondary N) is 1. The second-order valence-electron chi connectivity index (χ2n) is 8.62. The van der Waals surface area contributed by atoms with Crippen molar-refractivity contribution >= 4 is 11.7 Å². The Morgan fingerprint density at radius 2 is 2.00 bits per heavy atom. The van der Waals surface area contributed by atoms with E-state index in [0.717, 1.165) is 16.7 Å². The molecule has 1 saturated heterocycles. The summed E-state index contributed by atoms with van der Waals surface area (Å²) < 4.78 is 46.3. The highest BCUT2D eigenvalue weighted by molar-refractivity contribution is 5.79. The Morgan fingerprint density at radius 3 is 2.76 bits per heavy atom. The van der Waals surface area contributed by atoms with E-state index in [1.165, 1.54) is 12.1 Å². The fourth-order valence-electron chi connectivity index (χ4n) is 4.17. The molecule has 2 aliphatic rings. The van der Waals surface area contributed by atoms with Gasteiger partial charge in [0.2, 0.25) is 5.91 Å². The van der Waals surface area contributed by atoms with Gasteiger partial charge in [0, 0.05) is 24.7 Å². The van der Waals surface area contributed by atoms with Crippen molar-refractivity contribution in [2.45, 2.75) is 38.3 Å². The van der Waals surface area contributed by atoms with Gasteiger partial charge < -0.3 is 15.0 Å². The van der Waals surface area contributed by atoms with E-state index < -0.39 is 19.1 Å². The molecule has 8 nitrogen and oxygen atoms in total. The van der Waals surface area contributed by atoms with Crippen LogP contribution in [0.5, 0.6) is 6.01 Å². The normalized spacial score (nSPS) is 18.9. The maximum atomic E-state index is 13.5. The van der Waals surface area contributed by atoms with Crippen LogP contribution in [0.2, 0.25) is 0 Å². The maximum absolute atomic E-state index is 13.5. The van der Waals surface area contributed by atoms with Crippen molar-refractivity contribution in [1.29, 1.82) is 0 Å². The Kier molecular flexibility index (Phi) is 5.62. The summed E-state index contributed by atoms with van der Waals surface area (Å²) in [4.78, 5) is 23.2. The zero-order chi connectivity index (χ0) is 23.9. The molecular weight excluding hydrogens is 449 g/mol. The quantitative estimate of drug-likeness (QED) is 0.615. The highest BCUT2D eigenvalue weighted by Gasteiger charge is 2.38. The fourth-order valence-corrected chi connectivity index (χ4v) is 4.17. The lowest BCUT2D eigenvalue weighted by Crippen LogP contribution is -2.36. The van der Waals surface area contributed by atoms with Crippen LogP contribution in [0.1, 0.15) is 17.7 Å². The Hall–Kier alpha value is -3.63. The molecule has 1 unspecified atom stereocenters. The summed E-state index contributed by atoms with van der Waals surface area (Å²) in [5, 5.41) is 7.51. The van der Waals surface area contributed by atoms with Crippen LogP contribution in [0.3, 0.4) is 0 Å². The number of carbonyl (C=O) groups excluding carboxylic acids is 1. The standard InChI is InChI=1S/C23H23F3N6O2/c1-14-18(21-29-22-32(30-21)12-23(25,26)13-34-22)6-7-19(27-14)28-17-8-9-31(11-17)20(33)10-15-2-4-16(24)5-3-15/h2-7,17H,8-13H2,1H3,(H,27,28). The van der Waals surface area contributed by atoms with Gasteiger partial charge in [0.25, 0.3) is 0 Å². The number of aromatic nitrogens is 4. The van der Waals surface area contributed by atoms with Crippen molar-refractivity contribution in [3.63, 3.8) is 0 Å². The molecule has 0 spiro atoms. The van der Waals surface area contributed by atoms with E-state index >= 15 is 0 Å². The maximum Gasteiger partial charge on any atom is 0.315 e. The molecule has 1 aromatic carbocycles. The number of alkyl halides is 2. The first-order valence-corrected chi connectivity index (χ1v) is 11.0.